The molecule has 0 saturated carbocycles. The first-order valence-electron chi connectivity index (χ1n) is 8.76. The van der Waals surface area contributed by atoms with Crippen molar-refractivity contribution < 1.29 is 9.72 Å². The number of nitrogens with one attached hydrogen (secondary N) is 1. The van der Waals surface area contributed by atoms with E-state index in [2.05, 4.69) is 24.1 Å². The molecule has 2 rings (SSSR count). The Balaban J connectivity index is 2.20. The Morgan fingerprint density at radius 3 is 2.67 bits per heavy atom. The number of hydrogen-bond donors (Lipinski definition) is 1. The molecule has 0 aromatic heterocycles. The van der Waals surface area contributed by atoms with E-state index in [9.17, 15) is 14.9 Å². The number of benzene rings is 1. The molecule has 1 N–H and O–H groups in total. The monoisotopic (exact) mass is 333 g/mol. The van der Waals surface area contributed by atoms with Crippen LogP contribution in [0, 0.1) is 16.0 Å². The molecule has 132 valence electrons. The lowest BCUT2D eigenvalue weighted by molar-refractivity contribution is -0.384. The van der Waals surface area contributed by atoms with Crippen molar-refractivity contribution in [3.05, 3.63) is 33.9 Å². The van der Waals surface area contributed by atoms with Gasteiger partial charge in [0.1, 0.15) is 5.69 Å². The maximum atomic E-state index is 12.3. The average molecular weight is 333 g/mol. The van der Waals surface area contributed by atoms with Crippen molar-refractivity contribution in [3.63, 3.8) is 0 Å². The van der Waals surface area contributed by atoms with Crippen molar-refractivity contribution >= 4 is 17.3 Å². The van der Waals surface area contributed by atoms with Gasteiger partial charge in [-0.25, -0.2) is 0 Å². The van der Waals surface area contributed by atoms with Gasteiger partial charge in [0.2, 0.25) is 0 Å². The Morgan fingerprint density at radius 1 is 1.42 bits per heavy atom. The fourth-order valence-electron chi connectivity index (χ4n) is 3.14. The maximum Gasteiger partial charge on any atom is 0.293 e. The molecule has 1 amide bonds. The molecule has 1 saturated heterocycles. The first-order valence-corrected chi connectivity index (χ1v) is 8.76. The highest BCUT2D eigenvalue weighted by Crippen LogP contribution is 2.32. The number of amides is 1. The van der Waals surface area contributed by atoms with Crippen LogP contribution in [0.3, 0.4) is 0 Å². The highest BCUT2D eigenvalue weighted by atomic mass is 16.6. The van der Waals surface area contributed by atoms with Crippen LogP contribution in [0.15, 0.2) is 18.2 Å². The van der Waals surface area contributed by atoms with Crippen molar-refractivity contribution in [3.8, 4) is 0 Å². The molecule has 1 heterocycles. The molecular weight excluding hydrogens is 306 g/mol. The Labute approximate surface area is 143 Å². The van der Waals surface area contributed by atoms with E-state index < -0.39 is 0 Å². The molecule has 1 atom stereocenters. The summed E-state index contributed by atoms with van der Waals surface area (Å²) in [6.45, 7) is 7.85. The zero-order chi connectivity index (χ0) is 17.7. The van der Waals surface area contributed by atoms with Crippen LogP contribution < -0.4 is 10.2 Å². The fourth-order valence-corrected chi connectivity index (χ4v) is 3.14. The van der Waals surface area contributed by atoms with Crippen LogP contribution in [0.1, 0.15) is 56.8 Å². The molecule has 0 spiro atoms. The minimum Gasteiger partial charge on any atom is -0.366 e. The molecule has 1 aromatic rings. The third kappa shape index (κ3) is 4.46. The first-order chi connectivity index (χ1) is 11.4. The Hall–Kier alpha value is -2.11. The normalized spacial score (nSPS) is 16.7. The zero-order valence-corrected chi connectivity index (χ0v) is 14.7. The third-order valence-electron chi connectivity index (χ3n) is 4.66. The van der Waals surface area contributed by atoms with Gasteiger partial charge in [0.25, 0.3) is 11.6 Å². The van der Waals surface area contributed by atoms with Gasteiger partial charge in [-0.1, -0.05) is 20.3 Å². The molecule has 6 heteroatoms. The van der Waals surface area contributed by atoms with Crippen molar-refractivity contribution in [2.75, 3.05) is 18.0 Å². The van der Waals surface area contributed by atoms with E-state index in [4.69, 9.17) is 0 Å². The van der Waals surface area contributed by atoms with Gasteiger partial charge in [-0.3, -0.25) is 14.9 Å². The molecule has 0 unspecified atom stereocenters. The first kappa shape index (κ1) is 18.2. The van der Waals surface area contributed by atoms with Crippen LogP contribution in [0.5, 0.6) is 0 Å². The van der Waals surface area contributed by atoms with Crippen molar-refractivity contribution in [1.82, 2.24) is 5.32 Å². The Kier molecular flexibility index (Phi) is 6.17. The van der Waals surface area contributed by atoms with Crippen LogP contribution >= 0.6 is 0 Å². The number of rotatable bonds is 6. The largest absolute Gasteiger partial charge is 0.366 e. The van der Waals surface area contributed by atoms with Gasteiger partial charge < -0.3 is 10.2 Å². The highest BCUT2D eigenvalue weighted by Gasteiger charge is 2.25. The number of hydrogen-bond acceptors (Lipinski definition) is 4. The molecular formula is C18H27N3O3. The second-order valence-corrected chi connectivity index (χ2v) is 6.79. The molecule has 1 aliphatic rings. The van der Waals surface area contributed by atoms with E-state index in [1.165, 1.54) is 6.07 Å². The SMILES string of the molecule is CCC[C@H](C)NC(=O)c1ccc(N2CCC(C)CC2)c([N+](=O)[O-])c1. The molecule has 24 heavy (non-hydrogen) atoms. The topological polar surface area (TPSA) is 75.5 Å². The summed E-state index contributed by atoms with van der Waals surface area (Å²) in [6, 6.07) is 4.87. The summed E-state index contributed by atoms with van der Waals surface area (Å²) in [5.74, 6) is 0.406. The predicted octanol–water partition coefficient (Wildman–Crippen LogP) is 3.75. The van der Waals surface area contributed by atoms with Crippen LogP contribution in [-0.4, -0.2) is 30.0 Å². The summed E-state index contributed by atoms with van der Waals surface area (Å²) >= 11 is 0. The van der Waals surface area contributed by atoms with Crippen LogP contribution in [0.2, 0.25) is 0 Å². The summed E-state index contributed by atoms with van der Waals surface area (Å²) in [4.78, 5) is 25.4. The molecule has 1 fully saturated rings. The van der Waals surface area contributed by atoms with Crippen molar-refractivity contribution in [1.29, 1.82) is 0 Å². The van der Waals surface area contributed by atoms with E-state index >= 15 is 0 Å². The van der Waals surface area contributed by atoms with Crippen molar-refractivity contribution in [2.24, 2.45) is 5.92 Å². The number of nitro groups is 1. The van der Waals surface area contributed by atoms with E-state index in [1.807, 2.05) is 6.92 Å². The van der Waals surface area contributed by atoms with Crippen LogP contribution in [0.4, 0.5) is 11.4 Å². The number of piperidine rings is 1. The van der Waals surface area contributed by atoms with E-state index in [0.29, 0.717) is 17.2 Å². The summed E-state index contributed by atoms with van der Waals surface area (Å²) in [7, 11) is 0. The van der Waals surface area contributed by atoms with Gasteiger partial charge in [0.05, 0.1) is 4.92 Å². The number of nitro benzene ring substituents is 1. The Morgan fingerprint density at radius 2 is 2.08 bits per heavy atom. The average Bonchev–Trinajstić information content (AvgIpc) is 2.55. The third-order valence-corrected chi connectivity index (χ3v) is 4.66. The minimum absolute atomic E-state index is 0.0142. The second kappa shape index (κ2) is 8.13. The lowest BCUT2D eigenvalue weighted by Gasteiger charge is -2.31. The number of nitrogens with zero attached hydrogens (tertiary/aromatic N) is 2. The quantitative estimate of drug-likeness (QED) is 0.635. The van der Waals surface area contributed by atoms with E-state index in [1.54, 1.807) is 12.1 Å². The van der Waals surface area contributed by atoms with Gasteiger partial charge in [-0.2, -0.15) is 0 Å². The molecule has 0 radical (unpaired) electrons. The van der Waals surface area contributed by atoms with Crippen molar-refractivity contribution in [2.45, 2.75) is 52.5 Å². The summed E-state index contributed by atoms with van der Waals surface area (Å²) in [5, 5.41) is 14.4. The van der Waals surface area contributed by atoms with Gasteiger partial charge in [0, 0.05) is 30.8 Å². The van der Waals surface area contributed by atoms with Gasteiger partial charge in [-0.15, -0.1) is 0 Å². The molecule has 0 bridgehead atoms. The predicted molar refractivity (Wildman–Crippen MR) is 95.5 cm³/mol. The molecule has 6 nitrogen and oxygen atoms in total. The fraction of sp³-hybridized carbons (Fsp3) is 0.611. The molecule has 1 aromatic carbocycles. The summed E-state index contributed by atoms with van der Waals surface area (Å²) in [6.07, 6.45) is 3.94. The number of carbonyl (C=O) groups is 1. The smallest absolute Gasteiger partial charge is 0.293 e. The lowest BCUT2D eigenvalue weighted by Crippen LogP contribution is -2.34. The lowest BCUT2D eigenvalue weighted by atomic mass is 9.98. The zero-order valence-electron chi connectivity index (χ0n) is 14.7. The highest BCUT2D eigenvalue weighted by molar-refractivity contribution is 5.96. The second-order valence-electron chi connectivity index (χ2n) is 6.79. The van der Waals surface area contributed by atoms with E-state index in [0.717, 1.165) is 38.8 Å². The minimum atomic E-state index is -0.389. The van der Waals surface area contributed by atoms with Gasteiger partial charge in [-0.05, 0) is 44.2 Å². The molecule has 1 aliphatic heterocycles. The Bertz CT molecular complexity index is 595. The van der Waals surface area contributed by atoms with Gasteiger partial charge in [0.15, 0.2) is 0 Å². The number of anilines is 1. The van der Waals surface area contributed by atoms with Gasteiger partial charge >= 0.3 is 0 Å². The van der Waals surface area contributed by atoms with E-state index in [-0.39, 0.29) is 22.6 Å². The molecule has 0 aliphatic carbocycles. The van der Waals surface area contributed by atoms with Crippen LogP contribution in [-0.2, 0) is 0 Å². The maximum absolute atomic E-state index is 12.3. The summed E-state index contributed by atoms with van der Waals surface area (Å²) < 4.78 is 0. The number of carbonyl (C=O) groups excluding carboxylic acids is 1. The summed E-state index contributed by atoms with van der Waals surface area (Å²) in [5.41, 5.74) is 0.976. The van der Waals surface area contributed by atoms with Crippen LogP contribution in [0.25, 0.3) is 0 Å². The standard InChI is InChI=1S/C18H27N3O3/c1-4-5-14(3)19-18(22)15-6-7-16(17(12-15)21(23)24)20-10-8-13(2)9-11-20/h6-7,12-14H,4-5,8-11H2,1-3H3,(H,19,22)/t14-/m0/s1.